The van der Waals surface area contributed by atoms with Gasteiger partial charge in [-0.3, -0.25) is 0 Å². The van der Waals surface area contributed by atoms with Crippen LogP contribution in [-0.2, 0) is 7.05 Å². The molecule has 1 heterocycles. The first-order chi connectivity index (χ1) is 52.3. The van der Waals surface area contributed by atoms with Crippen molar-refractivity contribution in [3.8, 4) is 89.0 Å². The Kier molecular flexibility index (Phi) is 33.2. The maximum Gasteiger partial charge on any atom is 0.0495 e. The molecule has 0 saturated heterocycles. The van der Waals surface area contributed by atoms with Crippen LogP contribution in [0.2, 0.25) is 0 Å². The molecule has 0 unspecified atom stereocenters. The average molecular weight is 1400 g/mol. The Bertz CT molecular complexity index is 5420. The summed E-state index contributed by atoms with van der Waals surface area (Å²) >= 11 is 0. The number of hydrogen-bond acceptors (Lipinski definition) is 0. The highest BCUT2D eigenvalue weighted by Gasteiger charge is 2.25. The Morgan fingerprint density at radius 3 is 1.08 bits per heavy atom. The molecule has 106 heavy (non-hydrogen) atoms. The predicted molar refractivity (Wildman–Crippen MR) is 484 cm³/mol. The number of rotatable bonds is 0. The topological polar surface area (TPSA) is 4.93 Å². The van der Waals surface area contributed by atoms with E-state index in [4.69, 9.17) is 0 Å². The van der Waals surface area contributed by atoms with Crippen molar-refractivity contribution in [3.63, 3.8) is 0 Å². The van der Waals surface area contributed by atoms with Gasteiger partial charge in [-0.25, -0.2) is 0 Å². The van der Waals surface area contributed by atoms with Crippen molar-refractivity contribution in [2.75, 3.05) is 0 Å². The molecule has 0 amide bonds. The molecule has 0 saturated carbocycles. The van der Waals surface area contributed by atoms with Crippen molar-refractivity contribution < 1.29 is 0 Å². The van der Waals surface area contributed by atoms with Crippen LogP contribution in [0.3, 0.4) is 0 Å². The maximum absolute atomic E-state index is 2.30. The Labute approximate surface area is 639 Å². The normalized spacial score (nSPS) is 10.1. The molecule has 0 fully saturated rings. The second-order valence-electron chi connectivity index (χ2n) is 23.7. The summed E-state index contributed by atoms with van der Waals surface area (Å²) < 4.78 is 2.27. The minimum Gasteiger partial charge on any atom is -0.344 e. The third-order valence-electron chi connectivity index (χ3n) is 18.6. The van der Waals surface area contributed by atoms with E-state index in [2.05, 4.69) is 318 Å². The molecule has 20 rings (SSSR count). The van der Waals surface area contributed by atoms with Gasteiger partial charge in [0.25, 0.3) is 0 Å². The van der Waals surface area contributed by atoms with Crippen LogP contribution in [0.5, 0.6) is 0 Å². The van der Waals surface area contributed by atoms with E-state index >= 15 is 0 Å². The van der Waals surface area contributed by atoms with E-state index in [-0.39, 0.29) is 0 Å². The number of benzene rings is 15. The minimum atomic E-state index is 1.30. The Balaban J connectivity index is 0.000000196. The van der Waals surface area contributed by atoms with Gasteiger partial charge in [0.2, 0.25) is 0 Å². The molecule has 4 aliphatic rings. The molecule has 546 valence electrons. The fourth-order valence-electron chi connectivity index (χ4n) is 14.8. The number of nitrogens with zero attached hydrogens (tertiary/aromatic N) is 1. The molecule has 0 atom stereocenters. The Morgan fingerprint density at radius 1 is 0.179 bits per heavy atom. The van der Waals surface area contributed by atoms with Gasteiger partial charge in [-0.05, 0) is 199 Å². The number of aryl methyl sites for hydroxylation is 5. The van der Waals surface area contributed by atoms with Crippen molar-refractivity contribution in [3.05, 3.63) is 301 Å². The maximum atomic E-state index is 2.30. The van der Waals surface area contributed by atoms with Gasteiger partial charge in [0.05, 0.1) is 0 Å². The largest absolute Gasteiger partial charge is 0.344 e. The lowest BCUT2D eigenvalue weighted by molar-refractivity contribution is 1.01. The van der Waals surface area contributed by atoms with Crippen LogP contribution in [0.1, 0.15) is 161 Å². The van der Waals surface area contributed by atoms with E-state index in [0.29, 0.717) is 0 Å². The highest BCUT2D eigenvalue weighted by Crippen LogP contribution is 2.51. The molecular weight excluding hydrogens is 1280 g/mol. The van der Waals surface area contributed by atoms with Crippen LogP contribution >= 0.6 is 0 Å². The molecule has 4 aliphatic carbocycles. The van der Waals surface area contributed by atoms with Crippen LogP contribution in [0.15, 0.2) is 279 Å². The standard InChI is InChI=1S/C17H13N.4C17H12.10C2H6/c1-18-15-9-5-4-8-14(15)17-13-7-3-2-6-12(13)10-11-16(17)18;1-11-5-2-8-13-14-9-3-6-12-7-4-10-15(16(11)13)17(12)14;1-11-8-9-13-14-6-2-4-12-5-3-7-15(17(12)14)16(13)10-11;1-11-9-12-5-4-8-15-13-6-2-3-7-14(13)16(10-11)17(12)15;1-11-9-10-16-14-6-3-2-5-13(14)15-8-4-7-12(11)17(15)16;10*1-2/h2-11H,1H3;4*2-10H,1H3;10*1-2H3. The molecule has 1 heteroatoms. The van der Waals surface area contributed by atoms with Crippen molar-refractivity contribution in [1.82, 2.24) is 4.57 Å². The molecule has 0 aliphatic heterocycles. The van der Waals surface area contributed by atoms with E-state index in [1.165, 1.54) is 187 Å². The summed E-state index contributed by atoms with van der Waals surface area (Å²) in [6.45, 7) is 48.7. The van der Waals surface area contributed by atoms with Crippen LogP contribution in [0.4, 0.5) is 0 Å². The van der Waals surface area contributed by atoms with Gasteiger partial charge in [-0.2, -0.15) is 0 Å². The highest BCUT2D eigenvalue weighted by atomic mass is 14.9. The van der Waals surface area contributed by atoms with Crippen molar-refractivity contribution in [1.29, 1.82) is 0 Å². The quantitative estimate of drug-likeness (QED) is 0.143. The van der Waals surface area contributed by atoms with E-state index < -0.39 is 0 Å². The zero-order chi connectivity index (χ0) is 77.7. The first-order valence-corrected chi connectivity index (χ1v) is 40.1. The molecule has 16 aromatic rings. The minimum absolute atomic E-state index is 1.30. The van der Waals surface area contributed by atoms with Gasteiger partial charge in [-0.1, -0.05) is 411 Å². The van der Waals surface area contributed by atoms with E-state index in [1.54, 1.807) is 0 Å². The second-order valence-corrected chi connectivity index (χ2v) is 23.7. The molecule has 0 bridgehead atoms. The first-order valence-electron chi connectivity index (χ1n) is 40.1. The van der Waals surface area contributed by atoms with Gasteiger partial charge in [0.1, 0.15) is 0 Å². The van der Waals surface area contributed by atoms with Crippen molar-refractivity contribution in [2.45, 2.75) is 166 Å². The molecule has 15 aromatic carbocycles. The first kappa shape index (κ1) is 84.3. The smallest absolute Gasteiger partial charge is 0.0495 e. The van der Waals surface area contributed by atoms with E-state index in [1.807, 2.05) is 138 Å². The van der Waals surface area contributed by atoms with Crippen LogP contribution < -0.4 is 0 Å². The number of aromatic nitrogens is 1. The zero-order valence-corrected chi connectivity index (χ0v) is 69.0. The molecule has 1 aromatic heterocycles. The molecule has 0 radical (unpaired) electrons. The summed E-state index contributed by atoms with van der Waals surface area (Å²) in [7, 11) is 2.14. The summed E-state index contributed by atoms with van der Waals surface area (Å²) in [5.74, 6) is 0. The number of fused-ring (bicyclic) bond motifs is 17. The molecular formula is C105H121N. The summed E-state index contributed by atoms with van der Waals surface area (Å²) in [6, 6.07) is 101. The number of para-hydroxylation sites is 1. The molecule has 1 nitrogen and oxygen atoms in total. The lowest BCUT2D eigenvalue weighted by Gasteiger charge is -2.04. The zero-order valence-electron chi connectivity index (χ0n) is 69.0. The molecule has 0 spiro atoms. The van der Waals surface area contributed by atoms with Crippen LogP contribution in [0.25, 0.3) is 165 Å². The highest BCUT2D eigenvalue weighted by molar-refractivity contribution is 6.22. The summed E-state index contributed by atoms with van der Waals surface area (Å²) in [4.78, 5) is 0. The Morgan fingerprint density at radius 2 is 0.528 bits per heavy atom. The van der Waals surface area contributed by atoms with Crippen molar-refractivity contribution in [2.24, 2.45) is 7.05 Å². The fraction of sp³-hybridized carbons (Fsp3) is 0.238. The van der Waals surface area contributed by atoms with Crippen molar-refractivity contribution >= 4 is 75.7 Å². The summed E-state index contributed by atoms with van der Waals surface area (Å²) in [5, 5.41) is 16.4. The molecule has 0 N–H and O–H groups in total. The fourth-order valence-corrected chi connectivity index (χ4v) is 14.8. The number of hydrogen-bond donors (Lipinski definition) is 0. The summed E-state index contributed by atoms with van der Waals surface area (Å²) in [5.41, 5.74) is 30.1. The van der Waals surface area contributed by atoms with Gasteiger partial charge >= 0.3 is 0 Å². The van der Waals surface area contributed by atoms with Crippen LogP contribution in [0, 0.1) is 27.7 Å². The lowest BCUT2D eigenvalue weighted by Crippen LogP contribution is -1.85. The third kappa shape index (κ3) is 16.7. The summed E-state index contributed by atoms with van der Waals surface area (Å²) in [6.07, 6.45) is 0. The monoisotopic (exact) mass is 1400 g/mol. The average Bonchev–Trinajstić information content (AvgIpc) is 1.63. The van der Waals surface area contributed by atoms with Gasteiger partial charge < -0.3 is 4.57 Å². The van der Waals surface area contributed by atoms with Gasteiger partial charge in [-0.15, -0.1) is 0 Å². The SMILES string of the molecule is CC.CC.CC.CC.CC.CC.CC.CC.CC.CC.Cc1cc2c3c(cccc3c1)-c1ccccc1-2.Cc1ccc2c(c1)-c1cccc3cccc-2c13.Cc1ccc2c3c(cccc13)-c1ccccc1-2.Cc1cccc2c1-c1cccc3cccc-2c13.Cn1c2ccccc2c2c3ccccc3ccc21. The van der Waals surface area contributed by atoms with Gasteiger partial charge in [0, 0.05) is 28.9 Å². The van der Waals surface area contributed by atoms with Gasteiger partial charge in [0.15, 0.2) is 0 Å². The predicted octanol–water partition coefficient (Wildman–Crippen LogP) is 33.9. The second kappa shape index (κ2) is 41.8. The third-order valence-corrected chi connectivity index (χ3v) is 18.6. The van der Waals surface area contributed by atoms with E-state index in [9.17, 15) is 0 Å². The van der Waals surface area contributed by atoms with Crippen LogP contribution in [-0.4, -0.2) is 4.57 Å². The Hall–Kier alpha value is -10.6. The lowest BCUT2D eigenvalue weighted by atomic mass is 9.99. The van der Waals surface area contributed by atoms with E-state index in [0.717, 1.165) is 0 Å².